The molecular weight excluding hydrogens is 318 g/mol. The molecule has 0 saturated carbocycles. The Bertz CT molecular complexity index is 903. The number of hydrogen-bond acceptors (Lipinski definition) is 5. The third-order valence-corrected chi connectivity index (χ3v) is 4.16. The number of carbonyl (C=O) groups is 1. The van der Waals surface area contributed by atoms with Gasteiger partial charge in [0.2, 0.25) is 0 Å². The third kappa shape index (κ3) is 3.51. The molecule has 1 unspecified atom stereocenters. The second-order valence-corrected chi connectivity index (χ2v) is 6.18. The smallest absolute Gasteiger partial charge is 0.276 e. The van der Waals surface area contributed by atoms with Gasteiger partial charge in [-0.25, -0.2) is 4.68 Å². The van der Waals surface area contributed by atoms with Crippen LogP contribution in [0.3, 0.4) is 0 Å². The van der Waals surface area contributed by atoms with E-state index >= 15 is 0 Å². The molecule has 7 heteroatoms. The predicted octanol–water partition coefficient (Wildman–Crippen LogP) is 1.97. The van der Waals surface area contributed by atoms with Crippen molar-refractivity contribution in [1.82, 2.24) is 24.9 Å². The number of amides is 1. The van der Waals surface area contributed by atoms with E-state index in [0.717, 1.165) is 16.6 Å². The summed E-state index contributed by atoms with van der Waals surface area (Å²) >= 11 is 0. The van der Waals surface area contributed by atoms with Crippen molar-refractivity contribution in [3.63, 3.8) is 0 Å². The van der Waals surface area contributed by atoms with E-state index < -0.39 is 6.10 Å². The number of hydrogen-bond donors (Lipinski definition) is 1. The summed E-state index contributed by atoms with van der Waals surface area (Å²) < 4.78 is 1.65. The maximum Gasteiger partial charge on any atom is 0.276 e. The first-order valence-corrected chi connectivity index (χ1v) is 8.18. The van der Waals surface area contributed by atoms with Crippen LogP contribution in [0, 0.1) is 6.92 Å². The number of aliphatic hydroxyl groups excluding tert-OH is 1. The Labute approximate surface area is 145 Å². The topological polar surface area (TPSA) is 84.1 Å². The minimum Gasteiger partial charge on any atom is -0.393 e. The summed E-state index contributed by atoms with van der Waals surface area (Å²) in [6, 6.07) is 9.65. The first-order valence-electron chi connectivity index (χ1n) is 8.18. The van der Waals surface area contributed by atoms with Crippen LogP contribution < -0.4 is 0 Å². The summed E-state index contributed by atoms with van der Waals surface area (Å²) in [4.78, 5) is 18.4. The largest absolute Gasteiger partial charge is 0.393 e. The van der Waals surface area contributed by atoms with E-state index in [9.17, 15) is 9.90 Å². The van der Waals surface area contributed by atoms with Crippen LogP contribution in [0.25, 0.3) is 16.6 Å². The molecular formula is C18H21N5O2. The first kappa shape index (κ1) is 17.0. The molecule has 2 aromatic heterocycles. The van der Waals surface area contributed by atoms with Crippen LogP contribution >= 0.6 is 0 Å². The lowest BCUT2D eigenvalue weighted by molar-refractivity contribution is 0.0762. The minimum atomic E-state index is -0.446. The molecule has 2 heterocycles. The van der Waals surface area contributed by atoms with Crippen LogP contribution in [0.5, 0.6) is 0 Å². The quantitative estimate of drug-likeness (QED) is 0.768. The van der Waals surface area contributed by atoms with Crippen LogP contribution in [-0.2, 0) is 0 Å². The highest BCUT2D eigenvalue weighted by atomic mass is 16.3. The second kappa shape index (κ2) is 6.98. The number of aliphatic hydroxyl groups is 1. The number of pyridine rings is 1. The molecule has 1 amide bonds. The number of rotatable bonds is 5. The molecule has 0 fully saturated rings. The highest BCUT2D eigenvalue weighted by molar-refractivity contribution is 5.93. The molecule has 0 radical (unpaired) electrons. The Hall–Kier alpha value is -2.80. The summed E-state index contributed by atoms with van der Waals surface area (Å²) in [5.74, 6) is -0.202. The summed E-state index contributed by atoms with van der Waals surface area (Å²) in [7, 11) is 1.70. The van der Waals surface area contributed by atoms with Gasteiger partial charge in [-0.15, -0.1) is 5.10 Å². The van der Waals surface area contributed by atoms with E-state index in [2.05, 4.69) is 15.3 Å². The van der Waals surface area contributed by atoms with Gasteiger partial charge in [0.15, 0.2) is 5.69 Å². The van der Waals surface area contributed by atoms with Crippen LogP contribution in [-0.4, -0.2) is 55.6 Å². The molecule has 1 aromatic carbocycles. The normalized spacial score (nSPS) is 12.3. The molecule has 1 atom stereocenters. The standard InChI is InChI=1S/C18H21N5O2/c1-12(24)8-10-22(3)18(25)17-13(2)23(21-20-17)15-6-7-16-14(11-15)5-4-9-19-16/h4-7,9,11-12,24H,8,10H2,1-3H3. The number of fused-ring (bicyclic) bond motifs is 1. The maximum absolute atomic E-state index is 12.6. The molecule has 0 bridgehead atoms. The molecule has 3 aromatic rings. The van der Waals surface area contributed by atoms with Crippen LogP contribution in [0.1, 0.15) is 29.5 Å². The summed E-state index contributed by atoms with van der Waals surface area (Å²) in [5.41, 5.74) is 2.73. The van der Waals surface area contributed by atoms with Gasteiger partial charge in [-0.2, -0.15) is 0 Å². The molecule has 0 spiro atoms. The van der Waals surface area contributed by atoms with Gasteiger partial charge in [-0.1, -0.05) is 11.3 Å². The monoisotopic (exact) mass is 339 g/mol. The van der Waals surface area contributed by atoms with E-state index in [-0.39, 0.29) is 5.91 Å². The van der Waals surface area contributed by atoms with Gasteiger partial charge >= 0.3 is 0 Å². The minimum absolute atomic E-state index is 0.202. The van der Waals surface area contributed by atoms with Gasteiger partial charge in [0.1, 0.15) is 0 Å². The van der Waals surface area contributed by atoms with Crippen LogP contribution in [0.15, 0.2) is 36.5 Å². The van der Waals surface area contributed by atoms with E-state index in [1.165, 1.54) is 0 Å². The molecule has 0 aliphatic rings. The predicted molar refractivity (Wildman–Crippen MR) is 94.7 cm³/mol. The molecule has 0 saturated heterocycles. The van der Waals surface area contributed by atoms with Gasteiger partial charge in [-0.3, -0.25) is 9.78 Å². The molecule has 1 N–H and O–H groups in total. The summed E-state index contributed by atoms with van der Waals surface area (Å²) in [6.07, 6.45) is 1.83. The van der Waals surface area contributed by atoms with E-state index in [0.29, 0.717) is 24.4 Å². The fourth-order valence-electron chi connectivity index (χ4n) is 2.63. The average Bonchev–Trinajstić information content (AvgIpc) is 3.00. The lowest BCUT2D eigenvalue weighted by atomic mass is 10.2. The Morgan fingerprint density at radius 2 is 2.16 bits per heavy atom. The molecule has 7 nitrogen and oxygen atoms in total. The second-order valence-electron chi connectivity index (χ2n) is 6.18. The maximum atomic E-state index is 12.6. The zero-order valence-corrected chi connectivity index (χ0v) is 14.5. The van der Waals surface area contributed by atoms with E-state index in [1.807, 2.05) is 37.3 Å². The number of aromatic nitrogens is 4. The van der Waals surface area contributed by atoms with Gasteiger partial charge in [0.25, 0.3) is 5.91 Å². The van der Waals surface area contributed by atoms with Gasteiger partial charge in [0, 0.05) is 25.2 Å². The van der Waals surface area contributed by atoms with Crippen molar-refractivity contribution in [3.8, 4) is 5.69 Å². The fraction of sp³-hybridized carbons (Fsp3) is 0.333. The lowest BCUT2D eigenvalue weighted by Gasteiger charge is -2.17. The average molecular weight is 339 g/mol. The van der Waals surface area contributed by atoms with Gasteiger partial charge < -0.3 is 10.0 Å². The first-order chi connectivity index (χ1) is 12.0. The summed E-state index contributed by atoms with van der Waals surface area (Å²) in [6.45, 7) is 3.99. The van der Waals surface area contributed by atoms with Crippen LogP contribution in [0.2, 0.25) is 0 Å². The Kier molecular flexibility index (Phi) is 4.76. The molecule has 25 heavy (non-hydrogen) atoms. The Balaban J connectivity index is 1.88. The summed E-state index contributed by atoms with van der Waals surface area (Å²) in [5, 5.41) is 18.6. The number of benzene rings is 1. The lowest BCUT2D eigenvalue weighted by Crippen LogP contribution is -2.30. The van der Waals surface area contributed by atoms with Gasteiger partial charge in [0.05, 0.1) is 23.0 Å². The van der Waals surface area contributed by atoms with Crippen molar-refractivity contribution in [2.24, 2.45) is 0 Å². The zero-order valence-electron chi connectivity index (χ0n) is 14.5. The molecule has 130 valence electrons. The zero-order chi connectivity index (χ0) is 18.0. The Morgan fingerprint density at radius 3 is 2.92 bits per heavy atom. The SMILES string of the molecule is Cc1c(C(=O)N(C)CCC(C)O)nnn1-c1ccc2ncccc2c1. The van der Waals surface area contributed by atoms with Crippen molar-refractivity contribution in [2.45, 2.75) is 26.4 Å². The molecule has 0 aliphatic heterocycles. The van der Waals surface area contributed by atoms with Crippen molar-refractivity contribution in [2.75, 3.05) is 13.6 Å². The highest BCUT2D eigenvalue weighted by Gasteiger charge is 2.21. The fourth-order valence-corrected chi connectivity index (χ4v) is 2.63. The molecule has 3 rings (SSSR count). The number of carbonyl (C=O) groups excluding carboxylic acids is 1. The van der Waals surface area contributed by atoms with Crippen molar-refractivity contribution < 1.29 is 9.90 Å². The van der Waals surface area contributed by atoms with Crippen molar-refractivity contribution in [3.05, 3.63) is 47.9 Å². The van der Waals surface area contributed by atoms with Crippen molar-refractivity contribution >= 4 is 16.8 Å². The van der Waals surface area contributed by atoms with Gasteiger partial charge in [-0.05, 0) is 44.5 Å². The number of nitrogens with zero attached hydrogens (tertiary/aromatic N) is 5. The van der Waals surface area contributed by atoms with Crippen molar-refractivity contribution in [1.29, 1.82) is 0 Å². The van der Waals surface area contributed by atoms with Crippen LogP contribution in [0.4, 0.5) is 0 Å². The molecule has 0 aliphatic carbocycles. The highest BCUT2D eigenvalue weighted by Crippen LogP contribution is 2.18. The Morgan fingerprint density at radius 1 is 1.36 bits per heavy atom. The van der Waals surface area contributed by atoms with E-state index in [4.69, 9.17) is 0 Å². The third-order valence-electron chi connectivity index (χ3n) is 4.16. The van der Waals surface area contributed by atoms with E-state index in [1.54, 1.807) is 29.7 Å².